The van der Waals surface area contributed by atoms with E-state index in [0.717, 1.165) is 32.7 Å². The molecule has 0 bridgehead atoms. The maximum absolute atomic E-state index is 12.4. The van der Waals surface area contributed by atoms with Gasteiger partial charge in [0.1, 0.15) is 0 Å². The Labute approximate surface area is 130 Å². The first-order chi connectivity index (χ1) is 10.1. The number of aliphatic hydroxyl groups is 1. The maximum Gasteiger partial charge on any atom is 0.237 e. The van der Waals surface area contributed by atoms with Crippen molar-refractivity contribution in [3.8, 4) is 0 Å². The number of aliphatic hydroxyl groups excluding tert-OH is 1. The molecule has 5 nitrogen and oxygen atoms in total. The second-order valence-corrected chi connectivity index (χ2v) is 6.52. The van der Waals surface area contributed by atoms with Gasteiger partial charge in [0.2, 0.25) is 5.91 Å². The van der Waals surface area contributed by atoms with Gasteiger partial charge in [0, 0.05) is 44.6 Å². The third-order valence-corrected chi connectivity index (χ3v) is 5.21. The standard InChI is InChI=1S/C15H25N3O2S/c1-13(14-4-3-11-21-14)16(2)15(20)12-18-7-5-17(6-8-18)9-10-19/h3-4,11,13,19H,5-10,12H2,1-2H3/t13-/m1/s1. The van der Waals surface area contributed by atoms with Crippen molar-refractivity contribution in [2.75, 3.05) is 52.9 Å². The zero-order valence-corrected chi connectivity index (χ0v) is 13.7. The number of rotatable bonds is 6. The summed E-state index contributed by atoms with van der Waals surface area (Å²) in [5, 5.41) is 11.0. The Morgan fingerprint density at radius 3 is 2.62 bits per heavy atom. The van der Waals surface area contributed by atoms with Gasteiger partial charge in [0.05, 0.1) is 19.2 Å². The SMILES string of the molecule is C[C@H](c1cccs1)N(C)C(=O)CN1CCN(CCO)CC1. The summed E-state index contributed by atoms with van der Waals surface area (Å²) in [5.41, 5.74) is 0. The van der Waals surface area contributed by atoms with E-state index in [1.54, 1.807) is 11.3 Å². The topological polar surface area (TPSA) is 47.0 Å². The molecule has 1 aliphatic heterocycles. The molecule has 1 aromatic rings. The fourth-order valence-corrected chi connectivity index (χ4v) is 3.38. The number of thiophene rings is 1. The van der Waals surface area contributed by atoms with Crippen molar-refractivity contribution in [3.05, 3.63) is 22.4 Å². The lowest BCUT2D eigenvalue weighted by Gasteiger charge is -2.35. The number of piperazine rings is 1. The van der Waals surface area contributed by atoms with Gasteiger partial charge in [-0.2, -0.15) is 0 Å². The Hall–Kier alpha value is -0.950. The fourth-order valence-electron chi connectivity index (χ4n) is 2.55. The van der Waals surface area contributed by atoms with E-state index in [2.05, 4.69) is 22.8 Å². The summed E-state index contributed by atoms with van der Waals surface area (Å²) < 4.78 is 0. The number of hydrogen-bond donors (Lipinski definition) is 1. The van der Waals surface area contributed by atoms with Crippen LogP contribution in [0.5, 0.6) is 0 Å². The molecule has 0 aromatic carbocycles. The van der Waals surface area contributed by atoms with Gasteiger partial charge in [-0.1, -0.05) is 6.07 Å². The van der Waals surface area contributed by atoms with Gasteiger partial charge >= 0.3 is 0 Å². The van der Waals surface area contributed by atoms with Gasteiger partial charge in [-0.15, -0.1) is 11.3 Å². The van der Waals surface area contributed by atoms with Crippen LogP contribution in [0.1, 0.15) is 17.8 Å². The molecule has 1 N–H and O–H groups in total. The van der Waals surface area contributed by atoms with Gasteiger partial charge in [-0.25, -0.2) is 0 Å². The second kappa shape index (κ2) is 7.89. The van der Waals surface area contributed by atoms with E-state index >= 15 is 0 Å². The zero-order valence-electron chi connectivity index (χ0n) is 12.9. The molecular formula is C15H25N3O2S. The molecule has 1 aliphatic rings. The lowest BCUT2D eigenvalue weighted by molar-refractivity contribution is -0.133. The van der Waals surface area contributed by atoms with E-state index in [1.165, 1.54) is 4.88 Å². The average Bonchev–Trinajstić information content (AvgIpc) is 3.02. The van der Waals surface area contributed by atoms with E-state index in [9.17, 15) is 4.79 Å². The molecule has 0 radical (unpaired) electrons. The summed E-state index contributed by atoms with van der Waals surface area (Å²) in [6, 6.07) is 4.23. The highest BCUT2D eigenvalue weighted by molar-refractivity contribution is 7.10. The van der Waals surface area contributed by atoms with Crippen molar-refractivity contribution in [1.29, 1.82) is 0 Å². The second-order valence-electron chi connectivity index (χ2n) is 5.54. The van der Waals surface area contributed by atoms with Crippen LogP contribution in [-0.2, 0) is 4.79 Å². The molecule has 1 saturated heterocycles. The normalized spacial score (nSPS) is 18.6. The van der Waals surface area contributed by atoms with Crippen LogP contribution in [0.2, 0.25) is 0 Å². The largest absolute Gasteiger partial charge is 0.395 e. The monoisotopic (exact) mass is 311 g/mol. The predicted octanol–water partition coefficient (Wildman–Crippen LogP) is 0.877. The van der Waals surface area contributed by atoms with E-state index in [1.807, 2.05) is 23.4 Å². The third kappa shape index (κ3) is 4.51. The number of likely N-dealkylation sites (N-methyl/N-ethyl adjacent to an activating group) is 1. The first-order valence-electron chi connectivity index (χ1n) is 7.46. The summed E-state index contributed by atoms with van der Waals surface area (Å²) in [5.74, 6) is 0.173. The summed E-state index contributed by atoms with van der Waals surface area (Å²) in [6.45, 7) is 7.15. The average molecular weight is 311 g/mol. The number of amides is 1. The van der Waals surface area contributed by atoms with Crippen LogP contribution < -0.4 is 0 Å². The Morgan fingerprint density at radius 2 is 2.05 bits per heavy atom. The zero-order chi connectivity index (χ0) is 15.2. The van der Waals surface area contributed by atoms with Gasteiger partial charge in [0.15, 0.2) is 0 Å². The molecule has 6 heteroatoms. The minimum atomic E-state index is 0.133. The first-order valence-corrected chi connectivity index (χ1v) is 8.34. The molecule has 0 saturated carbocycles. The van der Waals surface area contributed by atoms with Crippen molar-refractivity contribution >= 4 is 17.2 Å². The number of β-amino-alcohol motifs (C(OH)–C–C–N with tert-alkyl or cyclic N) is 1. The van der Waals surface area contributed by atoms with Crippen LogP contribution in [0.4, 0.5) is 0 Å². The summed E-state index contributed by atoms with van der Waals surface area (Å²) in [6.07, 6.45) is 0. The van der Waals surface area contributed by atoms with Crippen LogP contribution in [0.15, 0.2) is 17.5 Å². The molecule has 21 heavy (non-hydrogen) atoms. The molecule has 0 spiro atoms. The highest BCUT2D eigenvalue weighted by Gasteiger charge is 2.23. The molecule has 2 heterocycles. The molecule has 1 amide bonds. The number of hydrogen-bond acceptors (Lipinski definition) is 5. The minimum Gasteiger partial charge on any atom is -0.395 e. The maximum atomic E-state index is 12.4. The third-order valence-electron chi connectivity index (χ3n) is 4.17. The van der Waals surface area contributed by atoms with Crippen molar-refractivity contribution < 1.29 is 9.90 Å². The summed E-state index contributed by atoms with van der Waals surface area (Å²) in [4.78, 5) is 19.9. The smallest absolute Gasteiger partial charge is 0.237 e. The Morgan fingerprint density at radius 1 is 1.38 bits per heavy atom. The first kappa shape index (κ1) is 16.4. The van der Waals surface area contributed by atoms with E-state index in [0.29, 0.717) is 6.54 Å². The van der Waals surface area contributed by atoms with E-state index in [-0.39, 0.29) is 18.6 Å². The summed E-state index contributed by atoms with van der Waals surface area (Å²) in [7, 11) is 1.88. The molecular weight excluding hydrogens is 286 g/mol. The van der Waals surface area contributed by atoms with Crippen molar-refractivity contribution in [2.45, 2.75) is 13.0 Å². The lowest BCUT2D eigenvalue weighted by Crippen LogP contribution is -2.50. The molecule has 1 fully saturated rings. The lowest BCUT2D eigenvalue weighted by atomic mass is 10.2. The number of nitrogens with zero attached hydrogens (tertiary/aromatic N) is 3. The molecule has 1 atom stereocenters. The Kier molecular flexibility index (Phi) is 6.17. The highest BCUT2D eigenvalue weighted by Crippen LogP contribution is 2.23. The van der Waals surface area contributed by atoms with Crippen LogP contribution in [0.3, 0.4) is 0 Å². The van der Waals surface area contributed by atoms with Crippen LogP contribution in [0.25, 0.3) is 0 Å². The quantitative estimate of drug-likeness (QED) is 0.847. The van der Waals surface area contributed by atoms with Gasteiger partial charge in [-0.3, -0.25) is 14.6 Å². The van der Waals surface area contributed by atoms with Crippen LogP contribution >= 0.6 is 11.3 Å². The van der Waals surface area contributed by atoms with E-state index in [4.69, 9.17) is 5.11 Å². The van der Waals surface area contributed by atoms with E-state index < -0.39 is 0 Å². The number of carbonyl (C=O) groups is 1. The molecule has 0 aliphatic carbocycles. The van der Waals surface area contributed by atoms with Crippen LogP contribution in [0, 0.1) is 0 Å². The summed E-state index contributed by atoms with van der Waals surface area (Å²) >= 11 is 1.69. The molecule has 0 unspecified atom stereocenters. The molecule has 1 aromatic heterocycles. The number of carbonyl (C=O) groups excluding carboxylic acids is 1. The van der Waals surface area contributed by atoms with Gasteiger partial charge in [0.25, 0.3) is 0 Å². The van der Waals surface area contributed by atoms with Crippen molar-refractivity contribution in [1.82, 2.24) is 14.7 Å². The van der Waals surface area contributed by atoms with Gasteiger partial charge in [-0.05, 0) is 18.4 Å². The molecule has 2 rings (SSSR count). The Bertz CT molecular complexity index is 430. The van der Waals surface area contributed by atoms with Gasteiger partial charge < -0.3 is 10.0 Å². The fraction of sp³-hybridized carbons (Fsp3) is 0.667. The van der Waals surface area contributed by atoms with Crippen LogP contribution in [-0.4, -0.2) is 78.6 Å². The Balaban J connectivity index is 1.79. The highest BCUT2D eigenvalue weighted by atomic mass is 32.1. The predicted molar refractivity (Wildman–Crippen MR) is 85.5 cm³/mol. The van der Waals surface area contributed by atoms with Crippen molar-refractivity contribution in [3.63, 3.8) is 0 Å². The molecule has 118 valence electrons. The van der Waals surface area contributed by atoms with Crippen molar-refractivity contribution in [2.24, 2.45) is 0 Å². The minimum absolute atomic E-state index is 0.133.